The average Bonchev–Trinajstić information content (AvgIpc) is 3.48. The average molecular weight is 444 g/mol. The van der Waals surface area contributed by atoms with Crippen molar-refractivity contribution in [2.75, 3.05) is 26.1 Å². The van der Waals surface area contributed by atoms with Gasteiger partial charge in [-0.3, -0.25) is 14.5 Å². The quantitative estimate of drug-likeness (QED) is 0.683. The number of carbonyl (C=O) groups excluding carboxylic acids is 2. The number of ether oxygens (including phenoxy) is 2. The van der Waals surface area contributed by atoms with Gasteiger partial charge in [0.25, 0.3) is 5.91 Å². The number of methoxy groups -OCH3 is 2. The van der Waals surface area contributed by atoms with Gasteiger partial charge in [-0.05, 0) is 69.3 Å². The van der Waals surface area contributed by atoms with Crippen LogP contribution in [0.4, 0.5) is 5.00 Å². The van der Waals surface area contributed by atoms with Crippen molar-refractivity contribution in [1.29, 1.82) is 0 Å². The van der Waals surface area contributed by atoms with Crippen molar-refractivity contribution in [2.24, 2.45) is 5.73 Å². The number of hydrogen-bond donors (Lipinski definition) is 2. The first-order chi connectivity index (χ1) is 14.9. The third-order valence-electron chi connectivity index (χ3n) is 6.37. The molecule has 8 heteroatoms. The van der Waals surface area contributed by atoms with E-state index in [0.717, 1.165) is 66.2 Å². The van der Waals surface area contributed by atoms with E-state index < -0.39 is 5.91 Å². The summed E-state index contributed by atoms with van der Waals surface area (Å²) in [7, 11) is 3.30. The number of carbonyl (C=O) groups is 2. The van der Waals surface area contributed by atoms with Crippen LogP contribution in [0.25, 0.3) is 0 Å². The minimum Gasteiger partial charge on any atom is -0.497 e. The van der Waals surface area contributed by atoms with Crippen molar-refractivity contribution in [1.82, 2.24) is 4.90 Å². The van der Waals surface area contributed by atoms with Crippen molar-refractivity contribution in [3.63, 3.8) is 0 Å². The number of nitrogens with two attached hydrogens (primary N) is 1. The van der Waals surface area contributed by atoms with Crippen LogP contribution in [0.15, 0.2) is 18.2 Å². The first-order valence-electron chi connectivity index (χ1n) is 10.7. The zero-order valence-corrected chi connectivity index (χ0v) is 19.0. The minimum absolute atomic E-state index is 0.0507. The van der Waals surface area contributed by atoms with Crippen molar-refractivity contribution in [3.8, 4) is 11.5 Å². The monoisotopic (exact) mass is 443 g/mol. The third kappa shape index (κ3) is 4.02. The highest BCUT2D eigenvalue weighted by molar-refractivity contribution is 7.17. The molecule has 2 atom stereocenters. The molecule has 7 nitrogen and oxygen atoms in total. The number of aryl methyl sites for hydroxylation is 1. The van der Waals surface area contributed by atoms with Gasteiger partial charge in [0.2, 0.25) is 5.91 Å². The lowest BCUT2D eigenvalue weighted by Gasteiger charge is -2.31. The van der Waals surface area contributed by atoms with E-state index in [1.807, 2.05) is 25.1 Å². The number of thiophene rings is 1. The zero-order chi connectivity index (χ0) is 22.1. The van der Waals surface area contributed by atoms with Crippen LogP contribution < -0.4 is 20.5 Å². The first-order valence-corrected chi connectivity index (χ1v) is 11.5. The summed E-state index contributed by atoms with van der Waals surface area (Å²) in [5.41, 5.74) is 8.17. The summed E-state index contributed by atoms with van der Waals surface area (Å²) in [5.74, 6) is 0.952. The van der Waals surface area contributed by atoms with Crippen LogP contribution in [-0.4, -0.2) is 43.5 Å². The summed E-state index contributed by atoms with van der Waals surface area (Å²) in [5, 5.41) is 3.59. The fourth-order valence-electron chi connectivity index (χ4n) is 4.81. The number of hydrogen-bond acceptors (Lipinski definition) is 6. The molecule has 0 spiro atoms. The lowest BCUT2D eigenvalue weighted by molar-refractivity contribution is -0.121. The first kappa shape index (κ1) is 21.6. The maximum atomic E-state index is 13.2. The Kier molecular flexibility index (Phi) is 6.20. The van der Waals surface area contributed by atoms with Crippen molar-refractivity contribution in [2.45, 2.75) is 51.1 Å². The van der Waals surface area contributed by atoms with Gasteiger partial charge >= 0.3 is 0 Å². The van der Waals surface area contributed by atoms with E-state index in [9.17, 15) is 9.59 Å². The van der Waals surface area contributed by atoms with E-state index in [4.69, 9.17) is 15.2 Å². The Bertz CT molecular complexity index is 1000. The number of nitrogens with one attached hydrogen (secondary N) is 1. The molecule has 0 saturated carbocycles. The molecule has 1 aliphatic heterocycles. The highest BCUT2D eigenvalue weighted by Crippen LogP contribution is 2.41. The van der Waals surface area contributed by atoms with E-state index in [1.165, 1.54) is 11.3 Å². The number of anilines is 1. The SMILES string of the molecule is COc1ccc(OC)c([C@@H]2CCCN2[C@H](C)C(=O)Nc2sc3c(c2C(N)=O)CCC3)c1. The van der Waals surface area contributed by atoms with Gasteiger partial charge < -0.3 is 20.5 Å². The molecule has 0 radical (unpaired) electrons. The summed E-state index contributed by atoms with van der Waals surface area (Å²) >= 11 is 1.49. The summed E-state index contributed by atoms with van der Waals surface area (Å²) in [6.07, 6.45) is 4.74. The summed E-state index contributed by atoms with van der Waals surface area (Å²) < 4.78 is 11.0. The second kappa shape index (κ2) is 8.88. The molecule has 0 unspecified atom stereocenters. The topological polar surface area (TPSA) is 93.9 Å². The zero-order valence-electron chi connectivity index (χ0n) is 18.2. The number of nitrogens with zero attached hydrogens (tertiary/aromatic N) is 1. The Morgan fingerprint density at radius 3 is 2.74 bits per heavy atom. The van der Waals surface area contributed by atoms with E-state index in [-0.39, 0.29) is 18.0 Å². The van der Waals surface area contributed by atoms with Gasteiger partial charge in [-0.2, -0.15) is 0 Å². The Hall–Kier alpha value is -2.58. The van der Waals surface area contributed by atoms with Gasteiger partial charge in [-0.15, -0.1) is 11.3 Å². The molecule has 4 rings (SSSR count). The Morgan fingerprint density at radius 1 is 1.23 bits per heavy atom. The summed E-state index contributed by atoms with van der Waals surface area (Å²) in [6, 6.07) is 5.44. The third-order valence-corrected chi connectivity index (χ3v) is 7.58. The molecule has 0 bridgehead atoms. The van der Waals surface area contributed by atoms with Gasteiger partial charge in [-0.25, -0.2) is 0 Å². The second-order valence-electron chi connectivity index (χ2n) is 8.09. The molecule has 2 amide bonds. The maximum absolute atomic E-state index is 13.2. The smallest absolute Gasteiger partial charge is 0.251 e. The number of fused-ring (bicyclic) bond motifs is 1. The number of amides is 2. The highest BCUT2D eigenvalue weighted by Gasteiger charge is 2.35. The van der Waals surface area contributed by atoms with Gasteiger partial charge in [0.05, 0.1) is 25.8 Å². The lowest BCUT2D eigenvalue weighted by atomic mass is 10.0. The standard InChI is InChI=1S/C23H29N3O4S/c1-13(22(28)25-23-20(21(24)27)15-6-4-8-19(15)31-23)26-11-5-7-17(26)16-12-14(29-2)9-10-18(16)30-3/h9-10,12-13,17H,4-8,11H2,1-3H3,(H2,24,27)(H,25,28)/t13-,17+/m1/s1. The molecule has 1 aromatic carbocycles. The normalized spacial score (nSPS) is 19.1. The number of likely N-dealkylation sites (tertiary alicyclic amines) is 1. The number of primary amides is 1. The predicted octanol–water partition coefficient (Wildman–Crippen LogP) is 3.52. The Labute approximate surface area is 186 Å². The van der Waals surface area contributed by atoms with E-state index in [2.05, 4.69) is 10.2 Å². The van der Waals surface area contributed by atoms with Crippen molar-refractivity contribution >= 4 is 28.2 Å². The van der Waals surface area contributed by atoms with Crippen LogP contribution in [0.2, 0.25) is 0 Å². The van der Waals surface area contributed by atoms with Crippen LogP contribution in [-0.2, 0) is 17.6 Å². The van der Waals surface area contributed by atoms with E-state index in [1.54, 1.807) is 14.2 Å². The molecule has 1 fully saturated rings. The number of rotatable bonds is 7. The van der Waals surface area contributed by atoms with Gasteiger partial charge in [-0.1, -0.05) is 0 Å². The summed E-state index contributed by atoms with van der Waals surface area (Å²) in [6.45, 7) is 2.72. The predicted molar refractivity (Wildman–Crippen MR) is 121 cm³/mol. The molecule has 3 N–H and O–H groups in total. The largest absolute Gasteiger partial charge is 0.497 e. The highest BCUT2D eigenvalue weighted by atomic mass is 32.1. The molecular formula is C23H29N3O4S. The Morgan fingerprint density at radius 2 is 2.03 bits per heavy atom. The maximum Gasteiger partial charge on any atom is 0.251 e. The van der Waals surface area contributed by atoms with Crippen LogP contribution in [0.1, 0.15) is 58.6 Å². The fraction of sp³-hybridized carbons (Fsp3) is 0.478. The van der Waals surface area contributed by atoms with Crippen LogP contribution in [0, 0.1) is 0 Å². The van der Waals surface area contributed by atoms with Crippen LogP contribution in [0.3, 0.4) is 0 Å². The molecule has 2 aromatic rings. The van der Waals surface area contributed by atoms with Crippen LogP contribution >= 0.6 is 11.3 Å². The van der Waals surface area contributed by atoms with E-state index >= 15 is 0 Å². The van der Waals surface area contributed by atoms with Gasteiger partial charge in [0, 0.05) is 16.5 Å². The molecule has 166 valence electrons. The van der Waals surface area contributed by atoms with Crippen molar-refractivity contribution in [3.05, 3.63) is 39.8 Å². The molecule has 1 saturated heterocycles. The van der Waals surface area contributed by atoms with E-state index in [0.29, 0.717) is 10.6 Å². The van der Waals surface area contributed by atoms with Gasteiger partial charge in [0.15, 0.2) is 0 Å². The fourth-order valence-corrected chi connectivity index (χ4v) is 6.10. The summed E-state index contributed by atoms with van der Waals surface area (Å²) in [4.78, 5) is 28.6. The molecule has 2 heterocycles. The minimum atomic E-state index is -0.470. The molecular weight excluding hydrogens is 414 g/mol. The lowest BCUT2D eigenvalue weighted by Crippen LogP contribution is -2.41. The molecule has 2 aliphatic rings. The van der Waals surface area contributed by atoms with Gasteiger partial charge in [0.1, 0.15) is 16.5 Å². The number of benzene rings is 1. The Balaban J connectivity index is 1.56. The van der Waals surface area contributed by atoms with Crippen molar-refractivity contribution < 1.29 is 19.1 Å². The molecule has 31 heavy (non-hydrogen) atoms. The van der Waals surface area contributed by atoms with Crippen LogP contribution in [0.5, 0.6) is 11.5 Å². The molecule has 1 aromatic heterocycles. The molecule has 1 aliphatic carbocycles. The second-order valence-corrected chi connectivity index (χ2v) is 9.20.